The molecule has 1 heterocycles. The first-order valence-electron chi connectivity index (χ1n) is 7.98. The van der Waals surface area contributed by atoms with Gasteiger partial charge in [-0.25, -0.2) is 0 Å². The second-order valence-electron chi connectivity index (χ2n) is 5.51. The van der Waals surface area contributed by atoms with Gasteiger partial charge in [0.25, 0.3) is 11.8 Å². The van der Waals surface area contributed by atoms with Crippen LogP contribution in [-0.4, -0.2) is 24.3 Å². The first kappa shape index (κ1) is 18.7. The molecule has 25 heavy (non-hydrogen) atoms. The van der Waals surface area contributed by atoms with Crippen molar-refractivity contribution >= 4 is 29.1 Å². The van der Waals surface area contributed by atoms with Gasteiger partial charge in [0.15, 0.2) is 0 Å². The van der Waals surface area contributed by atoms with E-state index in [2.05, 4.69) is 16.2 Å². The number of aryl methyl sites for hydroxylation is 2. The zero-order valence-corrected chi connectivity index (χ0v) is 15.0. The molecule has 2 rings (SSSR count). The Kier molecular flexibility index (Phi) is 6.71. The number of hydrazine groups is 1. The van der Waals surface area contributed by atoms with Gasteiger partial charge in [0.2, 0.25) is 5.91 Å². The van der Waals surface area contributed by atoms with Crippen LogP contribution in [0, 0.1) is 6.92 Å². The van der Waals surface area contributed by atoms with E-state index in [4.69, 9.17) is 0 Å². The van der Waals surface area contributed by atoms with E-state index in [-0.39, 0.29) is 24.8 Å². The zero-order chi connectivity index (χ0) is 18.2. The summed E-state index contributed by atoms with van der Waals surface area (Å²) in [5.41, 5.74) is 6.59. The normalized spacial score (nSPS) is 10.2. The van der Waals surface area contributed by atoms with Crippen LogP contribution in [0.3, 0.4) is 0 Å². The highest BCUT2D eigenvalue weighted by atomic mass is 32.1. The Balaban J connectivity index is 1.73. The molecular weight excluding hydrogens is 338 g/mol. The quantitative estimate of drug-likeness (QED) is 0.687. The van der Waals surface area contributed by atoms with Crippen molar-refractivity contribution in [1.29, 1.82) is 0 Å². The van der Waals surface area contributed by atoms with Gasteiger partial charge in [-0.3, -0.25) is 25.2 Å². The lowest BCUT2D eigenvalue weighted by atomic mass is 10.1. The van der Waals surface area contributed by atoms with Gasteiger partial charge >= 0.3 is 0 Å². The third-order valence-corrected chi connectivity index (χ3v) is 4.91. The van der Waals surface area contributed by atoms with Crippen molar-refractivity contribution in [2.24, 2.45) is 0 Å². The number of hydrogen-bond donors (Lipinski definition) is 3. The van der Waals surface area contributed by atoms with Gasteiger partial charge in [-0.15, -0.1) is 11.3 Å². The van der Waals surface area contributed by atoms with Crippen LogP contribution in [0.4, 0.5) is 0 Å². The van der Waals surface area contributed by atoms with E-state index in [0.29, 0.717) is 4.88 Å². The summed E-state index contributed by atoms with van der Waals surface area (Å²) >= 11 is 1.41. The highest BCUT2D eigenvalue weighted by Crippen LogP contribution is 2.21. The highest BCUT2D eigenvalue weighted by molar-refractivity contribution is 7.14. The minimum atomic E-state index is -0.487. The van der Waals surface area contributed by atoms with E-state index in [1.807, 2.05) is 44.2 Å². The number of benzene rings is 1. The first-order chi connectivity index (χ1) is 12.0. The van der Waals surface area contributed by atoms with Crippen molar-refractivity contribution in [1.82, 2.24) is 16.2 Å². The Labute approximate surface area is 150 Å². The number of amides is 3. The van der Waals surface area contributed by atoms with Crippen LogP contribution in [-0.2, 0) is 22.4 Å². The summed E-state index contributed by atoms with van der Waals surface area (Å²) in [4.78, 5) is 37.2. The second-order valence-corrected chi connectivity index (χ2v) is 6.65. The maximum absolute atomic E-state index is 12.0. The Morgan fingerprint density at radius 2 is 1.76 bits per heavy atom. The predicted molar refractivity (Wildman–Crippen MR) is 97.2 cm³/mol. The fourth-order valence-corrected chi connectivity index (χ4v) is 3.25. The van der Waals surface area contributed by atoms with Crippen LogP contribution in [0.1, 0.15) is 32.6 Å². The molecule has 7 heteroatoms. The largest absolute Gasteiger partial charge is 0.347 e. The minimum Gasteiger partial charge on any atom is -0.347 e. The van der Waals surface area contributed by atoms with Gasteiger partial charge < -0.3 is 5.32 Å². The van der Waals surface area contributed by atoms with Crippen molar-refractivity contribution in [2.75, 3.05) is 6.54 Å². The molecule has 6 nitrogen and oxygen atoms in total. The SMILES string of the molecule is CCc1sc(C(=O)NNC(=O)CNC(=O)Cc2ccccc2)cc1C. The van der Waals surface area contributed by atoms with Crippen LogP contribution in [0.25, 0.3) is 0 Å². The number of carbonyl (C=O) groups is 3. The number of hydrogen-bond acceptors (Lipinski definition) is 4. The van der Waals surface area contributed by atoms with Crippen LogP contribution < -0.4 is 16.2 Å². The second kappa shape index (κ2) is 8.98. The summed E-state index contributed by atoms with van der Waals surface area (Å²) in [7, 11) is 0. The Bertz CT molecular complexity index is 756. The highest BCUT2D eigenvalue weighted by Gasteiger charge is 2.13. The van der Waals surface area contributed by atoms with Crippen LogP contribution >= 0.6 is 11.3 Å². The van der Waals surface area contributed by atoms with Gasteiger partial charge in [-0.2, -0.15) is 0 Å². The number of thiophene rings is 1. The predicted octanol–water partition coefficient (Wildman–Crippen LogP) is 1.74. The zero-order valence-electron chi connectivity index (χ0n) is 14.2. The molecule has 2 aromatic rings. The van der Waals surface area contributed by atoms with Crippen molar-refractivity contribution in [3.8, 4) is 0 Å². The summed E-state index contributed by atoms with van der Waals surface area (Å²) in [5, 5.41) is 2.52. The van der Waals surface area contributed by atoms with E-state index in [1.54, 1.807) is 6.07 Å². The number of nitrogens with one attached hydrogen (secondary N) is 3. The summed E-state index contributed by atoms with van der Waals surface area (Å²) in [5.74, 6) is -1.11. The lowest BCUT2D eigenvalue weighted by molar-refractivity contribution is -0.126. The number of rotatable bonds is 6. The fourth-order valence-electron chi connectivity index (χ4n) is 2.24. The van der Waals surface area contributed by atoms with Gasteiger partial charge in [-0.05, 0) is 30.5 Å². The number of carbonyl (C=O) groups excluding carboxylic acids is 3. The Hall–Kier alpha value is -2.67. The summed E-state index contributed by atoms with van der Waals surface area (Å²) in [6.45, 7) is 3.78. The topological polar surface area (TPSA) is 87.3 Å². The molecule has 0 saturated carbocycles. The molecule has 0 aliphatic rings. The van der Waals surface area contributed by atoms with E-state index in [0.717, 1.165) is 22.4 Å². The maximum Gasteiger partial charge on any atom is 0.279 e. The lowest BCUT2D eigenvalue weighted by Crippen LogP contribution is -2.46. The van der Waals surface area contributed by atoms with Crippen molar-refractivity contribution in [3.63, 3.8) is 0 Å². The van der Waals surface area contributed by atoms with E-state index >= 15 is 0 Å². The molecule has 1 aromatic carbocycles. The average molecular weight is 359 g/mol. The smallest absolute Gasteiger partial charge is 0.279 e. The summed E-state index contributed by atoms with van der Waals surface area (Å²) < 4.78 is 0. The molecule has 3 amide bonds. The summed E-state index contributed by atoms with van der Waals surface area (Å²) in [6, 6.07) is 11.0. The molecule has 0 unspecified atom stereocenters. The van der Waals surface area contributed by atoms with Crippen molar-refractivity contribution in [3.05, 3.63) is 57.3 Å². The van der Waals surface area contributed by atoms with Crippen LogP contribution in [0.15, 0.2) is 36.4 Å². The average Bonchev–Trinajstić information content (AvgIpc) is 2.99. The standard InChI is InChI=1S/C18H21N3O3S/c1-3-14-12(2)9-15(25-14)18(24)21-20-17(23)11-19-16(22)10-13-7-5-4-6-8-13/h4-9H,3,10-11H2,1-2H3,(H,19,22)(H,20,23)(H,21,24). The summed E-state index contributed by atoms with van der Waals surface area (Å²) in [6.07, 6.45) is 1.07. The molecule has 132 valence electrons. The molecular formula is C18H21N3O3S. The third-order valence-electron chi connectivity index (χ3n) is 3.53. The molecule has 0 radical (unpaired) electrons. The van der Waals surface area contributed by atoms with Crippen LogP contribution in [0.2, 0.25) is 0 Å². The Morgan fingerprint density at radius 1 is 1.04 bits per heavy atom. The molecule has 3 N–H and O–H groups in total. The van der Waals surface area contributed by atoms with Crippen molar-refractivity contribution < 1.29 is 14.4 Å². The van der Waals surface area contributed by atoms with E-state index < -0.39 is 5.91 Å². The molecule has 0 spiro atoms. The molecule has 0 fully saturated rings. The maximum atomic E-state index is 12.0. The monoisotopic (exact) mass is 359 g/mol. The lowest BCUT2D eigenvalue weighted by Gasteiger charge is -2.07. The van der Waals surface area contributed by atoms with Gasteiger partial charge in [-0.1, -0.05) is 37.3 Å². The van der Waals surface area contributed by atoms with Crippen molar-refractivity contribution in [2.45, 2.75) is 26.7 Å². The van der Waals surface area contributed by atoms with Gasteiger partial charge in [0.1, 0.15) is 0 Å². The minimum absolute atomic E-state index is 0.199. The Morgan fingerprint density at radius 3 is 2.40 bits per heavy atom. The van der Waals surface area contributed by atoms with Gasteiger partial charge in [0.05, 0.1) is 17.8 Å². The third kappa shape index (κ3) is 5.72. The molecule has 0 saturated heterocycles. The molecule has 0 aliphatic heterocycles. The molecule has 1 aromatic heterocycles. The molecule has 0 aliphatic carbocycles. The van der Waals surface area contributed by atoms with E-state index in [1.165, 1.54) is 11.3 Å². The first-order valence-corrected chi connectivity index (χ1v) is 8.80. The fraction of sp³-hybridized carbons (Fsp3) is 0.278. The van der Waals surface area contributed by atoms with E-state index in [9.17, 15) is 14.4 Å². The van der Waals surface area contributed by atoms with Crippen LogP contribution in [0.5, 0.6) is 0 Å². The van der Waals surface area contributed by atoms with Gasteiger partial charge in [0, 0.05) is 4.88 Å². The molecule has 0 bridgehead atoms. The molecule has 0 atom stereocenters.